The maximum absolute atomic E-state index is 5.71. The number of ether oxygens (including phenoxy) is 1. The molecule has 1 aliphatic heterocycles. The van der Waals surface area contributed by atoms with E-state index in [1.54, 1.807) is 11.3 Å². The summed E-state index contributed by atoms with van der Waals surface area (Å²) < 4.78 is 5.71. The minimum absolute atomic E-state index is 0.298. The molecule has 0 aliphatic carbocycles. The van der Waals surface area contributed by atoms with E-state index >= 15 is 0 Å². The largest absolute Gasteiger partial charge is 0.376 e. The molecule has 0 amide bonds. The number of fused-ring (bicyclic) bond motifs is 1. The minimum atomic E-state index is 0.298. The van der Waals surface area contributed by atoms with Gasteiger partial charge in [0.25, 0.3) is 0 Å². The molecular formula is C19H21N3OS. The number of benzene rings is 1. The predicted molar refractivity (Wildman–Crippen MR) is 98.9 cm³/mol. The van der Waals surface area contributed by atoms with Crippen LogP contribution in [0.15, 0.2) is 36.4 Å². The lowest BCUT2D eigenvalue weighted by molar-refractivity contribution is 0.120. The molecule has 1 aromatic carbocycles. The molecule has 1 fully saturated rings. The molecule has 0 bridgehead atoms. The normalized spacial score (nSPS) is 17.5. The molecule has 1 unspecified atom stereocenters. The average molecular weight is 339 g/mol. The van der Waals surface area contributed by atoms with Crippen LogP contribution in [0.3, 0.4) is 0 Å². The fraction of sp³-hybridized carbons (Fsp3) is 0.368. The zero-order valence-electron chi connectivity index (χ0n) is 13.8. The zero-order valence-corrected chi connectivity index (χ0v) is 14.6. The Morgan fingerprint density at radius 1 is 1.25 bits per heavy atom. The number of anilines is 1. The molecule has 2 aromatic heterocycles. The topological polar surface area (TPSA) is 47.0 Å². The highest BCUT2D eigenvalue weighted by molar-refractivity contribution is 7.18. The standard InChI is InChI=1S/C19H21N3OS/c1-13-10-16-18(20-12-15-8-5-9-23-15)21-17(22-19(16)24-13)11-14-6-3-2-4-7-14/h2-4,6-7,10,15H,5,8-9,11-12H2,1H3,(H,20,21,22). The Bertz CT molecular complexity index is 825. The van der Waals surface area contributed by atoms with Crippen molar-refractivity contribution in [3.63, 3.8) is 0 Å². The third-order valence-corrected chi connectivity index (χ3v) is 5.23. The van der Waals surface area contributed by atoms with Crippen LogP contribution in [0.25, 0.3) is 10.2 Å². The minimum Gasteiger partial charge on any atom is -0.376 e. The third-order valence-electron chi connectivity index (χ3n) is 4.29. The first-order valence-electron chi connectivity index (χ1n) is 8.44. The van der Waals surface area contributed by atoms with Crippen molar-refractivity contribution in [3.05, 3.63) is 52.7 Å². The predicted octanol–water partition coefficient (Wildman–Crippen LogP) is 4.18. The van der Waals surface area contributed by atoms with Gasteiger partial charge in [-0.25, -0.2) is 9.97 Å². The van der Waals surface area contributed by atoms with Gasteiger partial charge < -0.3 is 10.1 Å². The summed E-state index contributed by atoms with van der Waals surface area (Å²) in [5.74, 6) is 1.80. The Labute approximate surface area is 145 Å². The summed E-state index contributed by atoms with van der Waals surface area (Å²) in [6.45, 7) is 3.81. The van der Waals surface area contributed by atoms with Crippen LogP contribution in [0, 0.1) is 6.92 Å². The second-order valence-electron chi connectivity index (χ2n) is 6.24. The number of hydrogen-bond donors (Lipinski definition) is 1. The van der Waals surface area contributed by atoms with Crippen molar-refractivity contribution < 1.29 is 4.74 Å². The number of rotatable bonds is 5. The van der Waals surface area contributed by atoms with Gasteiger partial charge in [0.2, 0.25) is 0 Å². The average Bonchev–Trinajstić information content (AvgIpc) is 3.22. The van der Waals surface area contributed by atoms with Crippen molar-refractivity contribution in [2.24, 2.45) is 0 Å². The number of thiophene rings is 1. The van der Waals surface area contributed by atoms with Gasteiger partial charge in [0.1, 0.15) is 16.5 Å². The van der Waals surface area contributed by atoms with E-state index in [-0.39, 0.29) is 0 Å². The summed E-state index contributed by atoms with van der Waals surface area (Å²) in [6, 6.07) is 12.5. The van der Waals surface area contributed by atoms with Crippen molar-refractivity contribution in [3.8, 4) is 0 Å². The van der Waals surface area contributed by atoms with Gasteiger partial charge in [-0.2, -0.15) is 0 Å². The van der Waals surface area contributed by atoms with Gasteiger partial charge in [-0.05, 0) is 31.4 Å². The van der Waals surface area contributed by atoms with Crippen LogP contribution in [0.4, 0.5) is 5.82 Å². The number of nitrogens with one attached hydrogen (secondary N) is 1. The summed E-state index contributed by atoms with van der Waals surface area (Å²) in [4.78, 5) is 11.9. The molecule has 124 valence electrons. The number of aromatic nitrogens is 2. The van der Waals surface area contributed by atoms with E-state index in [2.05, 4.69) is 42.6 Å². The highest BCUT2D eigenvalue weighted by atomic mass is 32.1. The van der Waals surface area contributed by atoms with Crippen molar-refractivity contribution in [1.29, 1.82) is 0 Å². The summed E-state index contributed by atoms with van der Waals surface area (Å²) in [5, 5.41) is 4.62. The quantitative estimate of drug-likeness (QED) is 0.757. The van der Waals surface area contributed by atoms with Gasteiger partial charge >= 0.3 is 0 Å². The van der Waals surface area contributed by atoms with Gasteiger partial charge in [0.15, 0.2) is 0 Å². The van der Waals surface area contributed by atoms with Crippen molar-refractivity contribution in [1.82, 2.24) is 9.97 Å². The summed E-state index contributed by atoms with van der Waals surface area (Å²) in [6.07, 6.45) is 3.33. The second kappa shape index (κ2) is 6.87. The molecule has 3 aromatic rings. The van der Waals surface area contributed by atoms with Crippen LogP contribution in [0.2, 0.25) is 0 Å². The summed E-state index contributed by atoms with van der Waals surface area (Å²) in [5.41, 5.74) is 1.23. The van der Waals surface area contributed by atoms with Crippen LogP contribution in [-0.2, 0) is 11.2 Å². The molecule has 1 atom stereocenters. The molecule has 4 nitrogen and oxygen atoms in total. The number of nitrogens with zero attached hydrogens (tertiary/aromatic N) is 2. The van der Waals surface area contributed by atoms with E-state index in [1.807, 2.05) is 6.07 Å². The van der Waals surface area contributed by atoms with Crippen molar-refractivity contribution >= 4 is 27.4 Å². The van der Waals surface area contributed by atoms with E-state index in [4.69, 9.17) is 14.7 Å². The van der Waals surface area contributed by atoms with E-state index in [1.165, 1.54) is 10.4 Å². The van der Waals surface area contributed by atoms with Gasteiger partial charge in [-0.3, -0.25) is 0 Å². The van der Waals surface area contributed by atoms with E-state index in [0.717, 1.165) is 54.3 Å². The van der Waals surface area contributed by atoms with E-state index in [9.17, 15) is 0 Å². The lowest BCUT2D eigenvalue weighted by Crippen LogP contribution is -2.19. The highest BCUT2D eigenvalue weighted by Crippen LogP contribution is 2.29. The molecule has 0 spiro atoms. The Morgan fingerprint density at radius 2 is 2.12 bits per heavy atom. The molecule has 1 aliphatic rings. The molecule has 1 N–H and O–H groups in total. The molecular weight excluding hydrogens is 318 g/mol. The van der Waals surface area contributed by atoms with Crippen molar-refractivity contribution in [2.75, 3.05) is 18.5 Å². The van der Waals surface area contributed by atoms with Gasteiger partial charge in [-0.1, -0.05) is 30.3 Å². The fourth-order valence-corrected chi connectivity index (χ4v) is 3.99. The molecule has 4 rings (SSSR count). The molecule has 1 saturated heterocycles. The SMILES string of the molecule is Cc1cc2c(NCC3CCCO3)nc(Cc3ccccc3)nc2s1. The van der Waals surface area contributed by atoms with Crippen LogP contribution >= 0.6 is 11.3 Å². The molecule has 24 heavy (non-hydrogen) atoms. The molecule has 5 heteroatoms. The maximum Gasteiger partial charge on any atom is 0.138 e. The van der Waals surface area contributed by atoms with Crippen LogP contribution in [-0.4, -0.2) is 29.2 Å². The monoisotopic (exact) mass is 339 g/mol. The second-order valence-corrected chi connectivity index (χ2v) is 7.48. The molecule has 0 radical (unpaired) electrons. The first kappa shape index (κ1) is 15.5. The Balaban J connectivity index is 1.62. The Hall–Kier alpha value is -1.98. The maximum atomic E-state index is 5.71. The fourth-order valence-electron chi connectivity index (χ4n) is 3.09. The van der Waals surface area contributed by atoms with Crippen LogP contribution in [0.5, 0.6) is 0 Å². The lowest BCUT2D eigenvalue weighted by Gasteiger charge is -2.13. The molecule has 0 saturated carbocycles. The first-order valence-corrected chi connectivity index (χ1v) is 9.26. The van der Waals surface area contributed by atoms with Crippen LogP contribution < -0.4 is 5.32 Å². The number of hydrogen-bond acceptors (Lipinski definition) is 5. The van der Waals surface area contributed by atoms with Gasteiger partial charge in [0.05, 0.1) is 11.5 Å². The Kier molecular flexibility index (Phi) is 4.45. The smallest absolute Gasteiger partial charge is 0.138 e. The van der Waals surface area contributed by atoms with E-state index in [0.29, 0.717) is 6.10 Å². The lowest BCUT2D eigenvalue weighted by atomic mass is 10.1. The zero-order chi connectivity index (χ0) is 16.4. The van der Waals surface area contributed by atoms with E-state index < -0.39 is 0 Å². The van der Waals surface area contributed by atoms with Crippen LogP contribution in [0.1, 0.15) is 29.1 Å². The van der Waals surface area contributed by atoms with Crippen molar-refractivity contribution in [2.45, 2.75) is 32.3 Å². The highest BCUT2D eigenvalue weighted by Gasteiger charge is 2.17. The summed E-state index contributed by atoms with van der Waals surface area (Å²) >= 11 is 1.73. The summed E-state index contributed by atoms with van der Waals surface area (Å²) in [7, 11) is 0. The van der Waals surface area contributed by atoms with Gasteiger partial charge in [-0.15, -0.1) is 11.3 Å². The number of aryl methyl sites for hydroxylation is 1. The Morgan fingerprint density at radius 3 is 2.92 bits per heavy atom. The molecule has 3 heterocycles. The first-order chi connectivity index (χ1) is 11.8. The van der Waals surface area contributed by atoms with Gasteiger partial charge in [0, 0.05) is 24.4 Å². The third kappa shape index (κ3) is 3.42.